The standard InChI is InChI=1S/C23H25N9O2/c1-23(2,3)34-22(33)32-8-4-5-12-9-13(6-7-15(12)32)18-16-17(26)14(10-24)19(27)30-20(16)31-21(29-18)28-11-25/h6-7,9,18H,4-5,8H2,1-3H3,(H6,26,27,28,29,30,31). The maximum absolute atomic E-state index is 12.8. The van der Waals surface area contributed by atoms with Gasteiger partial charge in [0, 0.05) is 12.1 Å². The summed E-state index contributed by atoms with van der Waals surface area (Å²) in [5, 5.41) is 24.0. The molecule has 1 aromatic heterocycles. The molecular formula is C23H25N9O2. The van der Waals surface area contributed by atoms with Gasteiger partial charge in [0.2, 0.25) is 5.96 Å². The predicted octanol–water partition coefficient (Wildman–Crippen LogP) is 2.75. The summed E-state index contributed by atoms with van der Waals surface area (Å²) in [7, 11) is 0. The third-order valence-electron chi connectivity index (χ3n) is 5.51. The van der Waals surface area contributed by atoms with E-state index in [4.69, 9.17) is 21.5 Å². The lowest BCUT2D eigenvalue weighted by Crippen LogP contribution is -2.39. The highest BCUT2D eigenvalue weighted by atomic mass is 16.6. The Hall–Kier alpha value is -4.51. The van der Waals surface area contributed by atoms with E-state index in [1.165, 1.54) is 0 Å². The third kappa shape index (κ3) is 4.11. The number of nitrogen functional groups attached to an aromatic ring is 2. The van der Waals surface area contributed by atoms with Gasteiger partial charge in [-0.25, -0.2) is 14.8 Å². The second-order valence-corrected chi connectivity index (χ2v) is 9.03. The van der Waals surface area contributed by atoms with Crippen LogP contribution in [-0.2, 0) is 11.2 Å². The van der Waals surface area contributed by atoms with Gasteiger partial charge in [0.15, 0.2) is 6.19 Å². The molecule has 0 aliphatic carbocycles. The summed E-state index contributed by atoms with van der Waals surface area (Å²) in [6.45, 7) is 6.06. The highest BCUT2D eigenvalue weighted by molar-refractivity contribution is 5.98. The minimum atomic E-state index is -0.644. The van der Waals surface area contributed by atoms with Crippen molar-refractivity contribution in [2.24, 2.45) is 4.99 Å². The van der Waals surface area contributed by atoms with Crippen LogP contribution in [0.4, 0.5) is 27.8 Å². The van der Waals surface area contributed by atoms with Crippen molar-refractivity contribution in [3.63, 3.8) is 0 Å². The van der Waals surface area contributed by atoms with Crippen LogP contribution in [0.25, 0.3) is 0 Å². The van der Waals surface area contributed by atoms with Crippen LogP contribution in [0, 0.1) is 22.8 Å². The first-order valence-corrected chi connectivity index (χ1v) is 10.7. The molecule has 11 nitrogen and oxygen atoms in total. The number of rotatable bonds is 1. The van der Waals surface area contributed by atoms with E-state index in [1.807, 2.05) is 51.2 Å². The molecule has 34 heavy (non-hydrogen) atoms. The van der Waals surface area contributed by atoms with E-state index in [2.05, 4.69) is 20.6 Å². The second kappa shape index (κ2) is 8.45. The SMILES string of the molecule is CC(C)(C)OC(=O)N1CCCc2cc(C3N=C(NC#N)Nc4nc(N)c(C#N)c(N)c43)ccc21. The molecule has 1 amide bonds. The molecule has 0 saturated heterocycles. The van der Waals surface area contributed by atoms with Crippen molar-refractivity contribution in [3.05, 3.63) is 40.5 Å². The number of carbonyl (C=O) groups excluding carboxylic acids is 1. The number of amides is 1. The summed E-state index contributed by atoms with van der Waals surface area (Å²) in [4.78, 5) is 23.3. The Bertz CT molecular complexity index is 1280. The number of nitrogens with two attached hydrogens (primary N) is 2. The van der Waals surface area contributed by atoms with E-state index < -0.39 is 17.7 Å². The number of aryl methyl sites for hydroxylation is 1. The molecule has 0 radical (unpaired) electrons. The van der Waals surface area contributed by atoms with Gasteiger partial charge in [0.1, 0.15) is 34.9 Å². The van der Waals surface area contributed by atoms with Crippen LogP contribution in [0.3, 0.4) is 0 Å². The number of carbonyl (C=O) groups is 1. The molecule has 3 heterocycles. The Morgan fingerprint density at radius 3 is 2.76 bits per heavy atom. The van der Waals surface area contributed by atoms with Crippen LogP contribution in [0.15, 0.2) is 23.2 Å². The Morgan fingerprint density at radius 1 is 1.32 bits per heavy atom. The first-order chi connectivity index (χ1) is 16.1. The average Bonchev–Trinajstić information content (AvgIpc) is 2.77. The van der Waals surface area contributed by atoms with Gasteiger partial charge >= 0.3 is 6.09 Å². The van der Waals surface area contributed by atoms with Crippen molar-refractivity contribution in [1.29, 1.82) is 10.5 Å². The van der Waals surface area contributed by atoms with Crippen LogP contribution in [0.1, 0.15) is 55.5 Å². The minimum Gasteiger partial charge on any atom is -0.443 e. The van der Waals surface area contributed by atoms with Gasteiger partial charge in [-0.15, -0.1) is 0 Å². The molecule has 1 atom stereocenters. The zero-order valence-electron chi connectivity index (χ0n) is 19.1. The number of anilines is 4. The number of nitrogens with zero attached hydrogens (tertiary/aromatic N) is 5. The van der Waals surface area contributed by atoms with Crippen LogP contribution < -0.4 is 27.0 Å². The Labute approximate surface area is 197 Å². The summed E-state index contributed by atoms with van der Waals surface area (Å²) in [5.74, 6) is 0.491. The van der Waals surface area contributed by atoms with Crippen molar-refractivity contribution in [3.8, 4) is 12.3 Å². The molecule has 174 valence electrons. The molecule has 4 rings (SSSR count). The second-order valence-electron chi connectivity index (χ2n) is 9.03. The van der Waals surface area contributed by atoms with Crippen LogP contribution in [0.5, 0.6) is 0 Å². The van der Waals surface area contributed by atoms with Gasteiger partial charge in [-0.05, 0) is 50.8 Å². The smallest absolute Gasteiger partial charge is 0.414 e. The molecule has 1 aromatic carbocycles. The monoisotopic (exact) mass is 459 g/mol. The van der Waals surface area contributed by atoms with Gasteiger partial charge < -0.3 is 21.5 Å². The molecular weight excluding hydrogens is 434 g/mol. The molecule has 1 unspecified atom stereocenters. The maximum atomic E-state index is 12.8. The number of guanidine groups is 1. The largest absolute Gasteiger partial charge is 0.443 e. The highest BCUT2D eigenvalue weighted by Gasteiger charge is 2.32. The number of nitriles is 2. The normalized spacial score (nSPS) is 16.7. The van der Waals surface area contributed by atoms with E-state index in [9.17, 15) is 10.1 Å². The maximum Gasteiger partial charge on any atom is 0.414 e. The fraction of sp³-hybridized carbons (Fsp3) is 0.348. The van der Waals surface area contributed by atoms with Crippen molar-refractivity contribution >= 4 is 35.1 Å². The lowest BCUT2D eigenvalue weighted by Gasteiger charge is -2.32. The summed E-state index contributed by atoms with van der Waals surface area (Å²) < 4.78 is 5.57. The van der Waals surface area contributed by atoms with E-state index in [0.29, 0.717) is 17.9 Å². The number of pyridine rings is 1. The van der Waals surface area contributed by atoms with Crippen LogP contribution in [-0.4, -0.2) is 29.2 Å². The lowest BCUT2D eigenvalue weighted by atomic mass is 9.91. The number of fused-ring (bicyclic) bond motifs is 2. The van der Waals surface area contributed by atoms with Crippen molar-refractivity contribution in [2.75, 3.05) is 28.2 Å². The quantitative estimate of drug-likeness (QED) is 0.368. The van der Waals surface area contributed by atoms with Crippen LogP contribution in [0.2, 0.25) is 0 Å². The van der Waals surface area contributed by atoms with E-state index in [0.717, 1.165) is 29.7 Å². The summed E-state index contributed by atoms with van der Waals surface area (Å²) >= 11 is 0. The molecule has 2 aliphatic rings. The van der Waals surface area contributed by atoms with Gasteiger partial charge in [0.05, 0.1) is 11.4 Å². The number of hydrogen-bond acceptors (Lipinski definition) is 10. The fourth-order valence-corrected chi connectivity index (χ4v) is 4.12. The zero-order valence-corrected chi connectivity index (χ0v) is 19.1. The van der Waals surface area contributed by atoms with Gasteiger partial charge in [-0.2, -0.15) is 10.5 Å². The van der Waals surface area contributed by atoms with E-state index >= 15 is 0 Å². The molecule has 0 fully saturated rings. The summed E-state index contributed by atoms with van der Waals surface area (Å²) in [5.41, 5.74) is 14.9. The first-order valence-electron chi connectivity index (χ1n) is 10.7. The van der Waals surface area contributed by atoms with Crippen molar-refractivity contribution < 1.29 is 9.53 Å². The summed E-state index contributed by atoms with van der Waals surface area (Å²) in [6.07, 6.45) is 2.99. The van der Waals surface area contributed by atoms with Crippen molar-refractivity contribution in [2.45, 2.75) is 45.3 Å². The molecule has 6 N–H and O–H groups in total. The molecule has 11 heteroatoms. The number of ether oxygens (including phenoxy) is 1. The summed E-state index contributed by atoms with van der Waals surface area (Å²) in [6, 6.07) is 7.01. The molecule has 0 bridgehead atoms. The Balaban J connectivity index is 1.79. The van der Waals surface area contributed by atoms with Gasteiger partial charge in [-0.3, -0.25) is 10.2 Å². The Morgan fingerprint density at radius 2 is 2.09 bits per heavy atom. The average molecular weight is 460 g/mol. The molecule has 0 saturated carbocycles. The molecule has 0 spiro atoms. The topological polar surface area (TPSA) is 178 Å². The van der Waals surface area contributed by atoms with E-state index in [-0.39, 0.29) is 23.0 Å². The zero-order chi connectivity index (χ0) is 24.6. The number of hydrogen-bond donors (Lipinski definition) is 4. The molecule has 2 aliphatic heterocycles. The first kappa shape index (κ1) is 22.7. The number of nitrogens with one attached hydrogen (secondary N) is 2. The Kier molecular flexibility index (Phi) is 5.63. The number of aromatic nitrogens is 1. The predicted molar refractivity (Wildman–Crippen MR) is 128 cm³/mol. The fourth-order valence-electron chi connectivity index (χ4n) is 4.12. The lowest BCUT2D eigenvalue weighted by molar-refractivity contribution is 0.0578. The highest BCUT2D eigenvalue weighted by Crippen LogP contribution is 2.42. The van der Waals surface area contributed by atoms with Crippen molar-refractivity contribution in [1.82, 2.24) is 10.3 Å². The third-order valence-corrected chi connectivity index (χ3v) is 5.51. The van der Waals surface area contributed by atoms with E-state index in [1.54, 1.807) is 4.90 Å². The van der Waals surface area contributed by atoms with Gasteiger partial charge in [-0.1, -0.05) is 12.1 Å². The number of aliphatic imine (C=N–C) groups is 1. The van der Waals surface area contributed by atoms with Crippen LogP contribution >= 0.6 is 0 Å². The number of benzene rings is 1. The molecule has 2 aromatic rings. The van der Waals surface area contributed by atoms with Gasteiger partial charge in [0.25, 0.3) is 0 Å². The minimum absolute atomic E-state index is 0.0124.